The fourth-order valence-electron chi connectivity index (χ4n) is 1.14. The van der Waals surface area contributed by atoms with Gasteiger partial charge in [-0.2, -0.15) is 0 Å². The monoisotopic (exact) mass is 375 g/mol. The smallest absolute Gasteiger partial charge is 0.133 e. The Labute approximate surface area is 105 Å². The Kier molecular flexibility index (Phi) is 6.51. The second-order valence-electron chi connectivity index (χ2n) is 3.36. The Bertz CT molecular complexity index is 304. The van der Waals surface area contributed by atoms with Gasteiger partial charge in [0, 0.05) is 26.6 Å². The van der Waals surface area contributed by atoms with Crippen LogP contribution in [0.15, 0.2) is 24.3 Å². The summed E-state index contributed by atoms with van der Waals surface area (Å²) >= 11 is 0. The van der Waals surface area contributed by atoms with Crippen molar-refractivity contribution in [1.29, 1.82) is 0 Å². The molecule has 0 aliphatic rings. The molecule has 0 unspecified atom stereocenters. The van der Waals surface area contributed by atoms with Gasteiger partial charge in [0.15, 0.2) is 0 Å². The van der Waals surface area contributed by atoms with Crippen LogP contribution in [0.2, 0.25) is 0 Å². The van der Waals surface area contributed by atoms with Gasteiger partial charge in [-0.1, -0.05) is 0 Å². The van der Waals surface area contributed by atoms with Gasteiger partial charge < -0.3 is 11.7 Å². The quantitative estimate of drug-likeness (QED) is 0.598. The van der Waals surface area contributed by atoms with Gasteiger partial charge >= 0.3 is 0 Å². The van der Waals surface area contributed by atoms with Gasteiger partial charge in [0.2, 0.25) is 0 Å². The number of carbonyl (C=O) groups is 1. The molecule has 0 aliphatic carbocycles. The second-order valence-corrected chi connectivity index (χ2v) is 3.36. The number of benzene rings is 1. The number of rotatable bonds is 4. The van der Waals surface area contributed by atoms with Crippen LogP contribution in [0.1, 0.15) is 30.6 Å². The molecule has 0 N–H and O–H groups in total. The van der Waals surface area contributed by atoms with Crippen molar-refractivity contribution < 1.29 is 30.6 Å². The summed E-state index contributed by atoms with van der Waals surface area (Å²) in [7, 11) is 0. The van der Waals surface area contributed by atoms with Gasteiger partial charge in [-0.15, -0.1) is 6.42 Å². The van der Waals surface area contributed by atoms with Gasteiger partial charge in [-0.05, 0) is 38.1 Å². The van der Waals surface area contributed by atoms with E-state index < -0.39 is 0 Å². The van der Waals surface area contributed by atoms with Gasteiger partial charge in [-0.25, -0.2) is 0 Å². The van der Waals surface area contributed by atoms with Crippen molar-refractivity contribution in [3.63, 3.8) is 0 Å². The molecule has 15 heavy (non-hydrogen) atoms. The number of hydrogen-bond acceptors (Lipinski definition) is 2. The van der Waals surface area contributed by atoms with E-state index >= 15 is 0 Å². The van der Waals surface area contributed by atoms with Gasteiger partial charge in [0.05, 0.1) is 6.10 Å². The fraction of sp³-hybridized carbons (Fsp3) is 0.333. The van der Waals surface area contributed by atoms with E-state index in [1.165, 1.54) is 0 Å². The molecule has 2 nitrogen and oxygen atoms in total. The van der Waals surface area contributed by atoms with Crippen molar-refractivity contribution in [3.8, 4) is 5.75 Å². The van der Waals surface area contributed by atoms with Crippen LogP contribution in [0.4, 0.5) is 0 Å². The Hall–Kier alpha value is -0.622. The summed E-state index contributed by atoms with van der Waals surface area (Å²) in [6.45, 7) is 7.49. The van der Waals surface area contributed by atoms with E-state index in [9.17, 15) is 4.79 Å². The Morgan fingerprint density at radius 1 is 1.33 bits per heavy atom. The summed E-state index contributed by atoms with van der Waals surface area (Å²) < 4.78 is 5.46. The van der Waals surface area contributed by atoms with E-state index in [1.54, 1.807) is 12.1 Å². The molecule has 82 valence electrons. The molecule has 0 saturated heterocycles. The predicted octanol–water partition coefficient (Wildman–Crippen LogP) is 2.88. The fourth-order valence-corrected chi connectivity index (χ4v) is 1.14. The van der Waals surface area contributed by atoms with Crippen LogP contribution in [0.5, 0.6) is 5.75 Å². The molecule has 0 aromatic heterocycles. The summed E-state index contributed by atoms with van der Waals surface area (Å²) in [4.78, 5) is 11.2. The van der Waals surface area contributed by atoms with E-state index in [2.05, 4.69) is 6.92 Å². The molecule has 0 saturated carbocycles. The van der Waals surface area contributed by atoms with E-state index in [4.69, 9.17) is 4.74 Å². The standard InChI is InChI=1S/C12H15O2.W/c1-4-12(13)10-5-7-11(8-6-10)14-9(2)3;/h5-9H,1,4H2,2-3H3;/q-1;. The largest absolute Gasteiger partial charge is 0.491 e. The van der Waals surface area contributed by atoms with Crippen LogP contribution in [-0.2, 0) is 21.1 Å². The minimum absolute atomic E-state index is 0. The molecule has 0 radical (unpaired) electrons. The summed E-state index contributed by atoms with van der Waals surface area (Å²) in [5.74, 6) is 0.849. The molecular formula is C12H15O2W-. The average molecular weight is 375 g/mol. The van der Waals surface area contributed by atoms with Crippen molar-refractivity contribution in [2.45, 2.75) is 26.4 Å². The average Bonchev–Trinajstić information content (AvgIpc) is 2.17. The molecular weight excluding hydrogens is 360 g/mol. The maximum atomic E-state index is 11.2. The van der Waals surface area contributed by atoms with Crippen molar-refractivity contribution in [3.05, 3.63) is 36.8 Å². The zero-order valence-corrected chi connectivity index (χ0v) is 12.0. The molecule has 0 atom stereocenters. The maximum Gasteiger partial charge on any atom is 0.133 e. The zero-order chi connectivity index (χ0) is 10.6. The first-order valence-corrected chi connectivity index (χ1v) is 4.72. The van der Waals surface area contributed by atoms with Crippen molar-refractivity contribution in [2.75, 3.05) is 0 Å². The predicted molar refractivity (Wildman–Crippen MR) is 56.5 cm³/mol. The third-order valence-electron chi connectivity index (χ3n) is 1.78. The number of ketones is 1. The van der Waals surface area contributed by atoms with Crippen LogP contribution in [0.3, 0.4) is 0 Å². The third kappa shape index (κ3) is 4.61. The summed E-state index contributed by atoms with van der Waals surface area (Å²) in [5, 5.41) is 0. The van der Waals surface area contributed by atoms with Gasteiger partial charge in [0.1, 0.15) is 11.5 Å². The van der Waals surface area contributed by atoms with Crippen molar-refractivity contribution in [1.82, 2.24) is 0 Å². The van der Waals surface area contributed by atoms with Gasteiger partial charge in [0.25, 0.3) is 0 Å². The maximum absolute atomic E-state index is 11.2. The molecule has 0 fully saturated rings. The first-order chi connectivity index (χ1) is 6.63. The van der Waals surface area contributed by atoms with Crippen molar-refractivity contribution in [2.24, 2.45) is 0 Å². The molecule has 0 amide bonds. The Morgan fingerprint density at radius 3 is 2.27 bits per heavy atom. The summed E-state index contributed by atoms with van der Waals surface area (Å²) in [5.41, 5.74) is 0.691. The summed E-state index contributed by atoms with van der Waals surface area (Å²) in [6.07, 6.45) is 0.453. The summed E-state index contributed by atoms with van der Waals surface area (Å²) in [6, 6.07) is 7.15. The molecule has 3 heteroatoms. The number of ether oxygens (including phenoxy) is 1. The number of Topliss-reactive ketones (excluding diaryl/α,β-unsaturated/α-hetero) is 1. The van der Waals surface area contributed by atoms with E-state index in [0.29, 0.717) is 12.0 Å². The van der Waals surface area contributed by atoms with Crippen molar-refractivity contribution >= 4 is 5.78 Å². The molecule has 0 heterocycles. The SMILES string of the molecule is [CH2-]CC(=O)c1ccc(OC(C)C)cc1.[W]. The molecule has 0 spiro atoms. The van der Waals surface area contributed by atoms with Crippen LogP contribution >= 0.6 is 0 Å². The Balaban J connectivity index is 0.00000196. The molecule has 1 aromatic carbocycles. The molecule has 0 bridgehead atoms. The van der Waals surface area contributed by atoms with Gasteiger partial charge in [-0.3, -0.25) is 4.79 Å². The minimum Gasteiger partial charge on any atom is -0.491 e. The number of hydrogen-bond donors (Lipinski definition) is 0. The minimum atomic E-state index is 0. The third-order valence-corrected chi connectivity index (χ3v) is 1.78. The topological polar surface area (TPSA) is 26.3 Å². The first-order valence-electron chi connectivity index (χ1n) is 4.72. The second kappa shape index (κ2) is 6.79. The van der Waals surface area contributed by atoms with E-state index in [0.717, 1.165) is 5.75 Å². The molecule has 1 rings (SSSR count). The Morgan fingerprint density at radius 2 is 1.87 bits per heavy atom. The van der Waals surface area contributed by atoms with E-state index in [1.807, 2.05) is 26.0 Å². The number of carbonyl (C=O) groups excluding carboxylic acids is 1. The molecule has 0 aliphatic heterocycles. The van der Waals surface area contributed by atoms with Crippen LogP contribution in [0.25, 0.3) is 0 Å². The van der Waals surface area contributed by atoms with Crippen LogP contribution in [-0.4, -0.2) is 11.9 Å². The zero-order valence-electron chi connectivity index (χ0n) is 9.03. The van der Waals surface area contributed by atoms with Crippen LogP contribution < -0.4 is 4.74 Å². The van der Waals surface area contributed by atoms with Crippen LogP contribution in [0, 0.1) is 6.92 Å². The normalized spacial score (nSPS) is 9.60. The first kappa shape index (κ1) is 14.4. The van der Waals surface area contributed by atoms with E-state index in [-0.39, 0.29) is 33.0 Å². The molecule has 1 aromatic rings.